The summed E-state index contributed by atoms with van der Waals surface area (Å²) in [6.07, 6.45) is 6.13. The monoisotopic (exact) mass is 468 g/mol. The first-order valence-corrected chi connectivity index (χ1v) is 11.7. The average molecular weight is 469 g/mol. The fourth-order valence-electron chi connectivity index (χ4n) is 3.51. The van der Waals surface area contributed by atoms with Crippen molar-refractivity contribution in [3.63, 3.8) is 0 Å². The van der Waals surface area contributed by atoms with E-state index in [2.05, 4.69) is 4.98 Å². The summed E-state index contributed by atoms with van der Waals surface area (Å²) in [4.78, 5) is 42.6. The number of aromatic amines is 1. The number of hydrogen-bond donors (Lipinski definition) is 3. The molecule has 1 aromatic carbocycles. The summed E-state index contributed by atoms with van der Waals surface area (Å²) in [6.45, 7) is 8.11. The Hall–Kier alpha value is -3.39. The van der Waals surface area contributed by atoms with E-state index in [1.807, 2.05) is 64.1 Å². The molecular formula is C26H36N4O4. The van der Waals surface area contributed by atoms with Crippen LogP contribution in [0.2, 0.25) is 0 Å². The van der Waals surface area contributed by atoms with E-state index in [9.17, 15) is 19.6 Å². The molecule has 0 aliphatic carbocycles. The van der Waals surface area contributed by atoms with E-state index in [0.717, 1.165) is 5.56 Å². The van der Waals surface area contributed by atoms with E-state index in [4.69, 9.17) is 0 Å². The third-order valence-electron chi connectivity index (χ3n) is 5.23. The third-order valence-corrected chi connectivity index (χ3v) is 5.23. The quantitative estimate of drug-likeness (QED) is 0.338. The van der Waals surface area contributed by atoms with Gasteiger partial charge in [0.05, 0.1) is 0 Å². The zero-order chi connectivity index (χ0) is 25.1. The minimum Gasteiger partial charge on any atom is -0.357 e. The highest BCUT2D eigenvalue weighted by atomic mass is 16.5. The summed E-state index contributed by atoms with van der Waals surface area (Å²) in [7, 11) is 0. The van der Waals surface area contributed by atoms with Gasteiger partial charge in [0.1, 0.15) is 11.7 Å². The minimum atomic E-state index is -1.11. The fraction of sp³-hybridized carbons (Fsp3) is 0.423. The number of rotatable bonds is 11. The Balaban J connectivity index is 2.46. The number of nitrogens with zero attached hydrogens (tertiary/aromatic N) is 2. The highest BCUT2D eigenvalue weighted by Crippen LogP contribution is 2.20. The fourth-order valence-corrected chi connectivity index (χ4v) is 3.51. The molecular weight excluding hydrogens is 432 g/mol. The molecule has 2 rings (SSSR count). The lowest BCUT2D eigenvalue weighted by Crippen LogP contribution is -2.59. The van der Waals surface area contributed by atoms with Gasteiger partial charge >= 0.3 is 0 Å². The van der Waals surface area contributed by atoms with Crippen LogP contribution in [-0.2, 0) is 9.59 Å². The van der Waals surface area contributed by atoms with Gasteiger partial charge in [-0.05, 0) is 42.4 Å². The molecule has 3 amide bonds. The van der Waals surface area contributed by atoms with Crippen LogP contribution in [0.4, 0.5) is 0 Å². The smallest absolute Gasteiger partial charge is 0.288 e. The molecule has 0 unspecified atom stereocenters. The largest absolute Gasteiger partial charge is 0.357 e. The SMILES string of the molecule is CC(C)CCC(=O)N([C@@H](CC=Cc1ccccc1)C(=O)NO)N(CC(C)C)C(=O)c1ccc[nH]1. The van der Waals surface area contributed by atoms with E-state index >= 15 is 0 Å². The predicted molar refractivity (Wildman–Crippen MR) is 131 cm³/mol. The maximum absolute atomic E-state index is 13.5. The van der Waals surface area contributed by atoms with Gasteiger partial charge in [0.25, 0.3) is 11.8 Å². The number of aromatic nitrogens is 1. The minimum absolute atomic E-state index is 0.0250. The molecule has 1 atom stereocenters. The van der Waals surface area contributed by atoms with Crippen LogP contribution in [0.1, 0.15) is 63.0 Å². The van der Waals surface area contributed by atoms with E-state index in [1.54, 1.807) is 29.9 Å². The number of hydrazine groups is 1. The lowest BCUT2D eigenvalue weighted by Gasteiger charge is -2.40. The van der Waals surface area contributed by atoms with Crippen LogP contribution in [0, 0.1) is 11.8 Å². The van der Waals surface area contributed by atoms with Gasteiger partial charge in [-0.15, -0.1) is 0 Å². The Morgan fingerprint density at radius 3 is 2.29 bits per heavy atom. The number of nitrogens with one attached hydrogen (secondary N) is 2. The molecule has 3 N–H and O–H groups in total. The third kappa shape index (κ3) is 7.88. The molecule has 0 saturated heterocycles. The Kier molecular flexibility index (Phi) is 10.5. The molecule has 34 heavy (non-hydrogen) atoms. The van der Waals surface area contributed by atoms with Gasteiger partial charge in [-0.2, -0.15) is 0 Å². The first-order valence-electron chi connectivity index (χ1n) is 11.7. The lowest BCUT2D eigenvalue weighted by molar-refractivity contribution is -0.160. The first kappa shape index (κ1) is 26.9. The van der Waals surface area contributed by atoms with Crippen LogP contribution in [0.25, 0.3) is 6.08 Å². The van der Waals surface area contributed by atoms with Crippen molar-refractivity contribution in [2.24, 2.45) is 11.8 Å². The number of hydroxylamine groups is 1. The summed E-state index contributed by atoms with van der Waals surface area (Å²) in [5.74, 6) is -1.23. The topological polar surface area (TPSA) is 106 Å². The van der Waals surface area contributed by atoms with E-state index < -0.39 is 17.9 Å². The lowest BCUT2D eigenvalue weighted by atomic mass is 10.1. The van der Waals surface area contributed by atoms with Gasteiger partial charge in [0, 0.05) is 19.2 Å². The van der Waals surface area contributed by atoms with Crippen molar-refractivity contribution in [3.05, 3.63) is 66.0 Å². The Morgan fingerprint density at radius 1 is 1.03 bits per heavy atom. The maximum atomic E-state index is 13.5. The number of H-pyrrole nitrogens is 1. The first-order chi connectivity index (χ1) is 16.2. The second-order valence-corrected chi connectivity index (χ2v) is 9.08. The molecule has 0 aliphatic heterocycles. The van der Waals surface area contributed by atoms with Crippen molar-refractivity contribution >= 4 is 23.8 Å². The molecule has 0 saturated carbocycles. The summed E-state index contributed by atoms with van der Waals surface area (Å²) in [5, 5.41) is 12.0. The van der Waals surface area contributed by atoms with Gasteiger partial charge in [0.2, 0.25) is 5.91 Å². The van der Waals surface area contributed by atoms with Gasteiger partial charge in [0.15, 0.2) is 0 Å². The van der Waals surface area contributed by atoms with Crippen molar-refractivity contribution in [1.29, 1.82) is 0 Å². The average Bonchev–Trinajstić information content (AvgIpc) is 3.35. The summed E-state index contributed by atoms with van der Waals surface area (Å²) >= 11 is 0. The number of carbonyl (C=O) groups is 3. The normalized spacial score (nSPS) is 12.2. The summed E-state index contributed by atoms with van der Waals surface area (Å²) in [5.41, 5.74) is 2.93. The zero-order valence-electron chi connectivity index (χ0n) is 20.4. The molecule has 184 valence electrons. The molecule has 0 spiro atoms. The van der Waals surface area contributed by atoms with Crippen molar-refractivity contribution in [2.45, 2.75) is 53.0 Å². The van der Waals surface area contributed by atoms with E-state index in [0.29, 0.717) is 12.1 Å². The number of benzene rings is 1. The summed E-state index contributed by atoms with van der Waals surface area (Å²) in [6, 6.07) is 11.8. The van der Waals surface area contributed by atoms with Crippen LogP contribution in [-0.4, -0.2) is 50.5 Å². The van der Waals surface area contributed by atoms with Crippen molar-refractivity contribution in [2.75, 3.05) is 6.54 Å². The van der Waals surface area contributed by atoms with Gasteiger partial charge < -0.3 is 4.98 Å². The van der Waals surface area contributed by atoms with E-state index in [1.165, 1.54) is 10.0 Å². The Bertz CT molecular complexity index is 939. The molecule has 0 radical (unpaired) electrons. The molecule has 0 fully saturated rings. The Morgan fingerprint density at radius 2 is 1.74 bits per heavy atom. The highest BCUT2D eigenvalue weighted by molar-refractivity contribution is 5.95. The van der Waals surface area contributed by atoms with Gasteiger partial charge in [-0.25, -0.2) is 15.5 Å². The molecule has 1 aromatic heterocycles. The predicted octanol–water partition coefficient (Wildman–Crippen LogP) is 4.27. The van der Waals surface area contributed by atoms with Crippen LogP contribution in [0.15, 0.2) is 54.7 Å². The second-order valence-electron chi connectivity index (χ2n) is 9.08. The van der Waals surface area contributed by atoms with Crippen molar-refractivity contribution in [3.8, 4) is 0 Å². The molecule has 1 heterocycles. The molecule has 8 heteroatoms. The van der Waals surface area contributed by atoms with Crippen molar-refractivity contribution in [1.82, 2.24) is 20.5 Å². The van der Waals surface area contributed by atoms with Crippen molar-refractivity contribution < 1.29 is 19.6 Å². The number of carbonyl (C=O) groups excluding carboxylic acids is 3. The van der Waals surface area contributed by atoms with Crippen LogP contribution in [0.5, 0.6) is 0 Å². The molecule has 0 aliphatic rings. The number of hydrogen-bond acceptors (Lipinski definition) is 4. The molecule has 8 nitrogen and oxygen atoms in total. The van der Waals surface area contributed by atoms with Gasteiger partial charge in [-0.1, -0.05) is 70.2 Å². The van der Waals surface area contributed by atoms with Gasteiger partial charge in [-0.3, -0.25) is 19.6 Å². The van der Waals surface area contributed by atoms with Crippen LogP contribution < -0.4 is 5.48 Å². The molecule has 2 aromatic rings. The van der Waals surface area contributed by atoms with Crippen LogP contribution in [0.3, 0.4) is 0 Å². The van der Waals surface area contributed by atoms with E-state index in [-0.39, 0.29) is 37.1 Å². The molecule has 0 bridgehead atoms. The Labute approximate surface area is 201 Å². The highest BCUT2D eigenvalue weighted by Gasteiger charge is 2.37. The number of amides is 3. The standard InChI is InChI=1S/C26H36N4O4/c1-19(2)15-16-24(31)30(29(18-20(3)4)26(33)22-13-9-17-27-22)23(25(32)28-34)14-8-12-21-10-6-5-7-11-21/h5-13,17,19-20,23,27,34H,14-16,18H2,1-4H3,(H,28,32)/t23-/m0/s1. The summed E-state index contributed by atoms with van der Waals surface area (Å²) < 4.78 is 0. The van der Waals surface area contributed by atoms with Crippen LogP contribution >= 0.6 is 0 Å². The second kappa shape index (κ2) is 13.3. The zero-order valence-corrected chi connectivity index (χ0v) is 20.4. The maximum Gasteiger partial charge on any atom is 0.288 e.